The second-order valence-corrected chi connectivity index (χ2v) is 6.79. The van der Waals surface area contributed by atoms with Crippen LogP contribution in [0.2, 0.25) is 0 Å². The Morgan fingerprint density at radius 2 is 2.04 bits per heavy atom. The number of hydrogen-bond donors (Lipinski definition) is 2. The average molecular weight is 321 g/mol. The first-order valence-electron chi connectivity index (χ1n) is 8.72. The number of nitrogens with one attached hydrogen (secondary N) is 1. The largest absolute Gasteiger partial charge is 0.394 e. The van der Waals surface area contributed by atoms with Crippen molar-refractivity contribution in [2.24, 2.45) is 0 Å². The molecule has 1 aliphatic rings. The fraction of sp³-hybridized carbons (Fsp3) is 0.765. The lowest BCUT2D eigenvalue weighted by Crippen LogP contribution is -2.40. The van der Waals surface area contributed by atoms with E-state index in [1.54, 1.807) is 6.33 Å². The van der Waals surface area contributed by atoms with Crippen molar-refractivity contribution in [3.05, 3.63) is 12.4 Å². The van der Waals surface area contributed by atoms with E-state index >= 15 is 0 Å². The van der Waals surface area contributed by atoms with Gasteiger partial charge >= 0.3 is 0 Å². The summed E-state index contributed by atoms with van der Waals surface area (Å²) in [6.45, 7) is 11.9. The second kappa shape index (κ2) is 8.45. The molecule has 6 heteroatoms. The van der Waals surface area contributed by atoms with E-state index < -0.39 is 0 Å². The van der Waals surface area contributed by atoms with Gasteiger partial charge in [0.25, 0.3) is 0 Å². The molecule has 1 saturated heterocycles. The molecule has 1 aromatic rings. The minimum absolute atomic E-state index is 0.185. The van der Waals surface area contributed by atoms with Gasteiger partial charge in [-0.3, -0.25) is 4.90 Å². The molecule has 2 N–H and O–H groups in total. The third-order valence-corrected chi connectivity index (χ3v) is 4.54. The van der Waals surface area contributed by atoms with Crippen LogP contribution in [0.1, 0.15) is 40.5 Å². The van der Waals surface area contributed by atoms with E-state index in [4.69, 9.17) is 0 Å². The maximum Gasteiger partial charge on any atom is 0.134 e. The first kappa shape index (κ1) is 17.9. The molecule has 0 bridgehead atoms. The van der Waals surface area contributed by atoms with Gasteiger partial charge < -0.3 is 15.3 Å². The Labute approximate surface area is 139 Å². The standard InChI is InChI=1S/C17H31N5O/c1-13(2)21(14(3)4)9-7-18-16-10-17(20-12-19-16)22-8-5-6-15(22)11-23/h10,12-15,23H,5-9,11H2,1-4H3,(H,18,19,20). The summed E-state index contributed by atoms with van der Waals surface area (Å²) in [4.78, 5) is 13.3. The fourth-order valence-electron chi connectivity index (χ4n) is 3.35. The van der Waals surface area contributed by atoms with Gasteiger partial charge in [0, 0.05) is 37.8 Å². The van der Waals surface area contributed by atoms with Gasteiger partial charge in [0.1, 0.15) is 18.0 Å². The Hall–Kier alpha value is -1.40. The minimum atomic E-state index is 0.185. The summed E-state index contributed by atoms with van der Waals surface area (Å²) >= 11 is 0. The molecule has 0 aliphatic carbocycles. The summed E-state index contributed by atoms with van der Waals surface area (Å²) in [7, 11) is 0. The quantitative estimate of drug-likeness (QED) is 0.763. The van der Waals surface area contributed by atoms with Gasteiger partial charge in [0.05, 0.1) is 12.6 Å². The molecule has 2 heterocycles. The summed E-state index contributed by atoms with van der Waals surface area (Å²) in [5.74, 6) is 1.76. The number of aromatic nitrogens is 2. The van der Waals surface area contributed by atoms with Gasteiger partial charge in [-0.1, -0.05) is 0 Å². The molecule has 2 rings (SSSR count). The van der Waals surface area contributed by atoms with Crippen LogP contribution in [0.3, 0.4) is 0 Å². The van der Waals surface area contributed by atoms with Crippen LogP contribution in [-0.4, -0.2) is 64.3 Å². The van der Waals surface area contributed by atoms with Crippen LogP contribution in [-0.2, 0) is 0 Å². The van der Waals surface area contributed by atoms with E-state index in [1.165, 1.54) is 0 Å². The van der Waals surface area contributed by atoms with Crippen molar-refractivity contribution in [2.75, 3.05) is 36.5 Å². The van der Waals surface area contributed by atoms with Crippen LogP contribution in [0, 0.1) is 0 Å². The van der Waals surface area contributed by atoms with Crippen LogP contribution in [0.5, 0.6) is 0 Å². The zero-order valence-corrected chi connectivity index (χ0v) is 14.9. The zero-order chi connectivity index (χ0) is 16.8. The molecule has 0 radical (unpaired) electrons. The molecule has 1 fully saturated rings. The third-order valence-electron chi connectivity index (χ3n) is 4.54. The van der Waals surface area contributed by atoms with E-state index in [0.717, 1.165) is 44.1 Å². The summed E-state index contributed by atoms with van der Waals surface area (Å²) in [5.41, 5.74) is 0. The Balaban J connectivity index is 1.92. The lowest BCUT2D eigenvalue weighted by atomic mass is 10.2. The predicted octanol–water partition coefficient (Wildman–Crippen LogP) is 1.97. The normalized spacial score (nSPS) is 18.4. The maximum absolute atomic E-state index is 9.47. The molecule has 1 unspecified atom stereocenters. The Morgan fingerprint density at radius 1 is 1.30 bits per heavy atom. The van der Waals surface area contributed by atoms with Crippen molar-refractivity contribution < 1.29 is 5.11 Å². The first-order chi connectivity index (χ1) is 11.0. The molecule has 1 aromatic heterocycles. The summed E-state index contributed by atoms with van der Waals surface area (Å²) in [6, 6.07) is 3.25. The lowest BCUT2D eigenvalue weighted by Gasteiger charge is -2.30. The van der Waals surface area contributed by atoms with Crippen LogP contribution >= 0.6 is 0 Å². The zero-order valence-electron chi connectivity index (χ0n) is 14.9. The van der Waals surface area contributed by atoms with Gasteiger partial charge in [-0.25, -0.2) is 9.97 Å². The molecule has 0 amide bonds. The summed E-state index contributed by atoms with van der Waals surface area (Å²) in [5, 5.41) is 12.9. The molecular formula is C17H31N5O. The lowest BCUT2D eigenvalue weighted by molar-refractivity contribution is 0.182. The smallest absolute Gasteiger partial charge is 0.134 e. The van der Waals surface area contributed by atoms with Crippen molar-refractivity contribution in [3.63, 3.8) is 0 Å². The molecule has 23 heavy (non-hydrogen) atoms. The topological polar surface area (TPSA) is 64.5 Å². The first-order valence-corrected chi connectivity index (χ1v) is 8.72. The van der Waals surface area contributed by atoms with Gasteiger partial charge in [-0.2, -0.15) is 0 Å². The van der Waals surface area contributed by atoms with Gasteiger partial charge in [-0.15, -0.1) is 0 Å². The van der Waals surface area contributed by atoms with Crippen molar-refractivity contribution in [1.82, 2.24) is 14.9 Å². The Kier molecular flexibility index (Phi) is 6.59. The highest BCUT2D eigenvalue weighted by Crippen LogP contribution is 2.24. The summed E-state index contributed by atoms with van der Waals surface area (Å²) < 4.78 is 0. The van der Waals surface area contributed by atoms with Gasteiger partial charge in [0.15, 0.2) is 0 Å². The van der Waals surface area contributed by atoms with Crippen molar-refractivity contribution in [1.29, 1.82) is 0 Å². The average Bonchev–Trinajstić information content (AvgIpc) is 2.99. The van der Waals surface area contributed by atoms with Crippen LogP contribution in [0.25, 0.3) is 0 Å². The number of nitrogens with zero attached hydrogens (tertiary/aromatic N) is 4. The van der Waals surface area contributed by atoms with E-state index in [9.17, 15) is 5.11 Å². The second-order valence-electron chi connectivity index (χ2n) is 6.79. The van der Waals surface area contributed by atoms with Crippen LogP contribution < -0.4 is 10.2 Å². The highest BCUT2D eigenvalue weighted by atomic mass is 16.3. The van der Waals surface area contributed by atoms with Crippen molar-refractivity contribution in [2.45, 2.75) is 58.7 Å². The number of aliphatic hydroxyl groups excluding tert-OH is 1. The number of rotatable bonds is 8. The summed E-state index contributed by atoms with van der Waals surface area (Å²) in [6.07, 6.45) is 3.74. The van der Waals surface area contributed by atoms with Crippen LogP contribution in [0.4, 0.5) is 11.6 Å². The highest BCUT2D eigenvalue weighted by molar-refractivity contribution is 5.49. The molecule has 1 aliphatic heterocycles. The van der Waals surface area contributed by atoms with Crippen LogP contribution in [0.15, 0.2) is 12.4 Å². The SMILES string of the molecule is CC(C)N(CCNc1cc(N2CCCC2CO)ncn1)C(C)C. The monoisotopic (exact) mass is 321 g/mol. The molecule has 0 aromatic carbocycles. The number of aliphatic hydroxyl groups is 1. The fourth-order valence-corrected chi connectivity index (χ4v) is 3.35. The molecule has 1 atom stereocenters. The van der Waals surface area contributed by atoms with E-state index in [2.05, 4.69) is 52.8 Å². The number of anilines is 2. The highest BCUT2D eigenvalue weighted by Gasteiger charge is 2.25. The van der Waals surface area contributed by atoms with Gasteiger partial charge in [0.2, 0.25) is 0 Å². The Bertz CT molecular complexity index is 472. The van der Waals surface area contributed by atoms with E-state index in [1.807, 2.05) is 6.07 Å². The molecule has 130 valence electrons. The third kappa shape index (κ3) is 4.78. The molecular weight excluding hydrogens is 290 g/mol. The maximum atomic E-state index is 9.47. The van der Waals surface area contributed by atoms with E-state index in [-0.39, 0.29) is 12.6 Å². The van der Waals surface area contributed by atoms with Crippen molar-refractivity contribution >= 4 is 11.6 Å². The number of hydrogen-bond acceptors (Lipinski definition) is 6. The van der Waals surface area contributed by atoms with Crippen molar-refractivity contribution in [3.8, 4) is 0 Å². The predicted molar refractivity (Wildman–Crippen MR) is 95.0 cm³/mol. The molecule has 0 saturated carbocycles. The Morgan fingerprint density at radius 3 is 2.70 bits per heavy atom. The minimum Gasteiger partial charge on any atom is -0.394 e. The van der Waals surface area contributed by atoms with E-state index in [0.29, 0.717) is 12.1 Å². The molecule has 6 nitrogen and oxygen atoms in total. The molecule has 0 spiro atoms. The van der Waals surface area contributed by atoms with Gasteiger partial charge in [-0.05, 0) is 40.5 Å².